The van der Waals surface area contributed by atoms with Crippen molar-refractivity contribution in [1.29, 1.82) is 5.26 Å². The smallest absolute Gasteiger partial charge is 0.229 e. The van der Waals surface area contributed by atoms with Gasteiger partial charge in [0.15, 0.2) is 0 Å². The summed E-state index contributed by atoms with van der Waals surface area (Å²) >= 11 is 0. The molecule has 0 unspecified atom stereocenters. The highest BCUT2D eigenvalue weighted by atomic mass is 19.1. The fraction of sp³-hybridized carbons (Fsp3) is 0.0435. The number of anilines is 1. The second-order valence-electron chi connectivity index (χ2n) is 6.52. The van der Waals surface area contributed by atoms with Gasteiger partial charge in [-0.05, 0) is 59.3 Å². The van der Waals surface area contributed by atoms with E-state index in [0.717, 1.165) is 0 Å². The Bertz CT molecular complexity index is 1200. The molecule has 0 bridgehead atoms. The molecular weight excluding hydrogens is 395 g/mol. The average Bonchev–Trinajstić information content (AvgIpc) is 2.77. The van der Waals surface area contributed by atoms with Gasteiger partial charge in [0.25, 0.3) is 0 Å². The SMILES string of the molecule is N#Cc1cc(CC(=O)Nc2ccc(/C(N)=C/C=C\N)cn2)ccc1-c1ccnc(F)c1. The maximum atomic E-state index is 13.4. The molecule has 8 heteroatoms. The van der Waals surface area contributed by atoms with Crippen LogP contribution in [0.2, 0.25) is 0 Å². The Labute approximate surface area is 178 Å². The maximum absolute atomic E-state index is 13.4. The molecule has 1 aromatic carbocycles. The number of carbonyl (C=O) groups excluding carboxylic acids is 1. The van der Waals surface area contributed by atoms with Crippen LogP contribution in [-0.2, 0) is 11.2 Å². The van der Waals surface area contributed by atoms with Crippen molar-refractivity contribution in [3.63, 3.8) is 0 Å². The van der Waals surface area contributed by atoms with Crippen LogP contribution in [0, 0.1) is 17.3 Å². The molecule has 0 radical (unpaired) electrons. The summed E-state index contributed by atoms with van der Waals surface area (Å²) in [5, 5.41) is 12.2. The van der Waals surface area contributed by atoms with E-state index in [0.29, 0.717) is 39.3 Å². The van der Waals surface area contributed by atoms with Gasteiger partial charge in [-0.3, -0.25) is 4.79 Å². The number of halogens is 1. The number of nitrogens with one attached hydrogen (secondary N) is 1. The van der Waals surface area contributed by atoms with Crippen molar-refractivity contribution in [1.82, 2.24) is 9.97 Å². The highest BCUT2D eigenvalue weighted by Crippen LogP contribution is 2.25. The number of allylic oxidation sites excluding steroid dienone is 2. The highest BCUT2D eigenvalue weighted by Gasteiger charge is 2.11. The van der Waals surface area contributed by atoms with E-state index in [1.165, 1.54) is 18.5 Å². The van der Waals surface area contributed by atoms with Gasteiger partial charge in [0.2, 0.25) is 11.9 Å². The van der Waals surface area contributed by atoms with Crippen LogP contribution in [0.1, 0.15) is 16.7 Å². The monoisotopic (exact) mass is 414 g/mol. The molecule has 2 aromatic heterocycles. The normalized spacial score (nSPS) is 11.3. The second-order valence-corrected chi connectivity index (χ2v) is 6.52. The minimum atomic E-state index is -0.628. The number of amides is 1. The van der Waals surface area contributed by atoms with E-state index in [1.807, 2.05) is 0 Å². The molecular formula is C23H19FN6O. The first-order chi connectivity index (χ1) is 15.0. The topological polar surface area (TPSA) is 131 Å². The number of rotatable bonds is 6. The lowest BCUT2D eigenvalue weighted by molar-refractivity contribution is -0.115. The van der Waals surface area contributed by atoms with Gasteiger partial charge in [0.05, 0.1) is 18.1 Å². The maximum Gasteiger partial charge on any atom is 0.229 e. The summed E-state index contributed by atoms with van der Waals surface area (Å²) in [6.07, 6.45) is 7.55. The molecule has 7 nitrogen and oxygen atoms in total. The van der Waals surface area contributed by atoms with Crippen LogP contribution in [0.4, 0.5) is 10.2 Å². The van der Waals surface area contributed by atoms with E-state index in [9.17, 15) is 14.4 Å². The number of hydrogen-bond acceptors (Lipinski definition) is 6. The van der Waals surface area contributed by atoms with Gasteiger partial charge in [0, 0.05) is 29.7 Å². The summed E-state index contributed by atoms with van der Waals surface area (Å²) < 4.78 is 13.4. The van der Waals surface area contributed by atoms with Gasteiger partial charge in [0.1, 0.15) is 5.82 Å². The zero-order chi connectivity index (χ0) is 22.2. The van der Waals surface area contributed by atoms with Gasteiger partial charge in [-0.2, -0.15) is 9.65 Å². The van der Waals surface area contributed by atoms with Gasteiger partial charge in [-0.1, -0.05) is 12.1 Å². The van der Waals surface area contributed by atoms with E-state index < -0.39 is 5.95 Å². The van der Waals surface area contributed by atoms with Gasteiger partial charge in [-0.25, -0.2) is 9.97 Å². The minimum absolute atomic E-state index is 0.0480. The predicted octanol–water partition coefficient (Wildman–Crippen LogP) is 3.11. The van der Waals surface area contributed by atoms with Crippen LogP contribution in [0.5, 0.6) is 0 Å². The van der Waals surface area contributed by atoms with Crippen molar-refractivity contribution in [2.45, 2.75) is 6.42 Å². The van der Waals surface area contributed by atoms with Crippen molar-refractivity contribution in [2.75, 3.05) is 5.32 Å². The third-order valence-electron chi connectivity index (χ3n) is 4.36. The molecule has 0 spiro atoms. The first-order valence-electron chi connectivity index (χ1n) is 9.25. The van der Waals surface area contributed by atoms with Crippen molar-refractivity contribution >= 4 is 17.4 Å². The molecule has 3 aromatic rings. The molecule has 0 aliphatic carbocycles. The van der Waals surface area contributed by atoms with Crippen LogP contribution in [-0.4, -0.2) is 15.9 Å². The third kappa shape index (κ3) is 5.52. The fourth-order valence-electron chi connectivity index (χ4n) is 2.88. The zero-order valence-corrected chi connectivity index (χ0v) is 16.4. The lowest BCUT2D eigenvalue weighted by Gasteiger charge is -2.09. The molecule has 0 saturated carbocycles. The van der Waals surface area contributed by atoms with Gasteiger partial charge in [-0.15, -0.1) is 0 Å². The Hall–Kier alpha value is -4.51. The number of hydrogen-bond donors (Lipinski definition) is 3. The first-order valence-corrected chi connectivity index (χ1v) is 9.25. The molecule has 0 aliphatic rings. The van der Waals surface area contributed by atoms with E-state index in [1.54, 1.807) is 54.7 Å². The molecule has 2 heterocycles. The largest absolute Gasteiger partial charge is 0.405 e. The molecule has 0 atom stereocenters. The molecule has 1 amide bonds. The minimum Gasteiger partial charge on any atom is -0.405 e. The summed E-state index contributed by atoms with van der Waals surface area (Å²) in [4.78, 5) is 20.1. The average molecular weight is 414 g/mol. The molecule has 0 saturated heterocycles. The van der Waals surface area contributed by atoms with Crippen LogP contribution >= 0.6 is 0 Å². The number of aromatic nitrogens is 2. The predicted molar refractivity (Wildman–Crippen MR) is 116 cm³/mol. The van der Waals surface area contributed by atoms with Crippen molar-refractivity contribution < 1.29 is 9.18 Å². The van der Waals surface area contributed by atoms with E-state index >= 15 is 0 Å². The Morgan fingerprint density at radius 3 is 2.71 bits per heavy atom. The number of nitrogens with two attached hydrogens (primary N) is 2. The molecule has 0 aliphatic heterocycles. The Morgan fingerprint density at radius 1 is 1.19 bits per heavy atom. The van der Waals surface area contributed by atoms with E-state index in [-0.39, 0.29) is 12.3 Å². The Balaban J connectivity index is 1.70. The quantitative estimate of drug-likeness (QED) is 0.420. The molecule has 31 heavy (non-hydrogen) atoms. The fourth-order valence-corrected chi connectivity index (χ4v) is 2.88. The third-order valence-corrected chi connectivity index (χ3v) is 4.36. The van der Waals surface area contributed by atoms with E-state index in [4.69, 9.17) is 11.5 Å². The highest BCUT2D eigenvalue weighted by molar-refractivity contribution is 5.91. The van der Waals surface area contributed by atoms with Gasteiger partial charge >= 0.3 is 0 Å². The van der Waals surface area contributed by atoms with Crippen LogP contribution in [0.15, 0.2) is 73.2 Å². The molecule has 3 rings (SSSR count). The van der Waals surface area contributed by atoms with Gasteiger partial charge < -0.3 is 16.8 Å². The summed E-state index contributed by atoms with van der Waals surface area (Å²) in [6.45, 7) is 0. The number of nitrogens with zero attached hydrogens (tertiary/aromatic N) is 3. The molecule has 5 N–H and O–H groups in total. The van der Waals surface area contributed by atoms with Crippen LogP contribution in [0.3, 0.4) is 0 Å². The van der Waals surface area contributed by atoms with Crippen molar-refractivity contribution in [2.24, 2.45) is 11.5 Å². The number of nitriles is 1. The number of pyridine rings is 2. The summed E-state index contributed by atoms with van der Waals surface area (Å²) in [6, 6.07) is 13.4. The van der Waals surface area contributed by atoms with Crippen molar-refractivity contribution in [3.8, 4) is 17.2 Å². The summed E-state index contributed by atoms with van der Waals surface area (Å²) in [7, 11) is 0. The first kappa shape index (κ1) is 21.2. The lowest BCUT2D eigenvalue weighted by Crippen LogP contribution is -2.15. The Kier molecular flexibility index (Phi) is 6.71. The molecule has 154 valence electrons. The zero-order valence-electron chi connectivity index (χ0n) is 16.4. The van der Waals surface area contributed by atoms with Crippen molar-refractivity contribution in [3.05, 3.63) is 95.8 Å². The van der Waals surface area contributed by atoms with Crippen LogP contribution < -0.4 is 16.8 Å². The van der Waals surface area contributed by atoms with Crippen LogP contribution in [0.25, 0.3) is 16.8 Å². The lowest BCUT2D eigenvalue weighted by atomic mass is 9.98. The Morgan fingerprint density at radius 2 is 2.03 bits per heavy atom. The summed E-state index contributed by atoms with van der Waals surface area (Å²) in [5.41, 5.74) is 14.5. The summed E-state index contributed by atoms with van der Waals surface area (Å²) in [5.74, 6) is -0.543. The standard InChI is InChI=1S/C23H19FN6O/c24-21-12-16(7-9-28-21)19-5-3-15(10-18(19)13-26)11-23(31)30-22-6-4-17(14-29-22)20(27)2-1-8-25/h1-10,12,14H,11,25,27H2,(H,29,30,31)/b8-1-,20-2-. The molecule has 0 fully saturated rings. The number of benzene rings is 1. The number of carbonyl (C=O) groups is 1. The second kappa shape index (κ2) is 9.80. The van der Waals surface area contributed by atoms with E-state index in [2.05, 4.69) is 21.4 Å².